The molecular weight excluding hydrogens is 168 g/mol. The lowest BCUT2D eigenvalue weighted by Crippen LogP contribution is -2.53. The SMILES string of the molecule is NCC1(N)CCC2(CC1)OCCO2. The number of nitrogens with two attached hydrogens (primary N) is 2. The quantitative estimate of drug-likeness (QED) is 0.603. The van der Waals surface area contributed by atoms with Gasteiger partial charge < -0.3 is 20.9 Å². The van der Waals surface area contributed by atoms with Gasteiger partial charge in [0.15, 0.2) is 5.79 Å². The van der Waals surface area contributed by atoms with Crippen molar-refractivity contribution in [3.8, 4) is 0 Å². The smallest absolute Gasteiger partial charge is 0.168 e. The summed E-state index contributed by atoms with van der Waals surface area (Å²) >= 11 is 0. The van der Waals surface area contributed by atoms with Crippen molar-refractivity contribution in [2.24, 2.45) is 11.5 Å². The van der Waals surface area contributed by atoms with Gasteiger partial charge in [0, 0.05) is 24.9 Å². The Morgan fingerprint density at radius 2 is 1.54 bits per heavy atom. The molecule has 1 saturated carbocycles. The van der Waals surface area contributed by atoms with Crippen LogP contribution in [-0.2, 0) is 9.47 Å². The molecule has 0 radical (unpaired) electrons. The number of hydrogen-bond donors (Lipinski definition) is 2. The van der Waals surface area contributed by atoms with E-state index in [4.69, 9.17) is 20.9 Å². The summed E-state index contributed by atoms with van der Waals surface area (Å²) in [6.45, 7) is 2.00. The molecule has 0 aromatic rings. The Kier molecular flexibility index (Phi) is 2.32. The molecule has 1 heterocycles. The highest BCUT2D eigenvalue weighted by molar-refractivity contribution is 4.95. The third kappa shape index (κ3) is 1.72. The van der Waals surface area contributed by atoms with Crippen molar-refractivity contribution in [3.05, 3.63) is 0 Å². The minimum Gasteiger partial charge on any atom is -0.348 e. The molecule has 2 aliphatic rings. The maximum absolute atomic E-state index is 6.07. The van der Waals surface area contributed by atoms with E-state index in [1.165, 1.54) is 0 Å². The van der Waals surface area contributed by atoms with E-state index >= 15 is 0 Å². The Hall–Kier alpha value is -0.160. The molecule has 4 N–H and O–H groups in total. The van der Waals surface area contributed by atoms with Gasteiger partial charge in [-0.15, -0.1) is 0 Å². The standard InChI is InChI=1S/C9H18N2O2/c10-7-8(11)1-3-9(4-2-8)12-5-6-13-9/h1-7,10-11H2. The third-order valence-electron chi connectivity index (χ3n) is 3.23. The fourth-order valence-corrected chi connectivity index (χ4v) is 2.12. The minimum absolute atomic E-state index is 0.180. The Labute approximate surface area is 78.6 Å². The first-order chi connectivity index (χ1) is 6.18. The van der Waals surface area contributed by atoms with Crippen molar-refractivity contribution in [3.63, 3.8) is 0 Å². The Bertz CT molecular complexity index is 180. The minimum atomic E-state index is -0.308. The molecule has 1 aliphatic carbocycles. The highest BCUT2D eigenvalue weighted by Gasteiger charge is 2.44. The van der Waals surface area contributed by atoms with Crippen LogP contribution >= 0.6 is 0 Å². The molecule has 0 aromatic heterocycles. The second-order valence-corrected chi connectivity index (χ2v) is 4.17. The molecule has 13 heavy (non-hydrogen) atoms. The second kappa shape index (κ2) is 3.20. The van der Waals surface area contributed by atoms with Crippen molar-refractivity contribution in [1.82, 2.24) is 0 Å². The summed E-state index contributed by atoms with van der Waals surface area (Å²) in [5.74, 6) is -0.308. The van der Waals surface area contributed by atoms with E-state index in [-0.39, 0.29) is 11.3 Å². The second-order valence-electron chi connectivity index (χ2n) is 4.17. The average Bonchev–Trinajstić information content (AvgIpc) is 2.61. The van der Waals surface area contributed by atoms with Crippen LogP contribution in [0.2, 0.25) is 0 Å². The zero-order valence-electron chi connectivity index (χ0n) is 7.92. The Morgan fingerprint density at radius 3 is 2.00 bits per heavy atom. The fourth-order valence-electron chi connectivity index (χ4n) is 2.12. The normalized spacial score (nSPS) is 30.9. The first-order valence-corrected chi connectivity index (χ1v) is 4.95. The molecule has 0 aromatic carbocycles. The zero-order valence-corrected chi connectivity index (χ0v) is 7.92. The predicted molar refractivity (Wildman–Crippen MR) is 49.1 cm³/mol. The van der Waals surface area contributed by atoms with Crippen molar-refractivity contribution in [2.75, 3.05) is 19.8 Å². The maximum atomic E-state index is 6.07. The fraction of sp³-hybridized carbons (Fsp3) is 1.00. The van der Waals surface area contributed by atoms with E-state index in [1.807, 2.05) is 0 Å². The van der Waals surface area contributed by atoms with Gasteiger partial charge in [0.2, 0.25) is 0 Å². The monoisotopic (exact) mass is 186 g/mol. The summed E-state index contributed by atoms with van der Waals surface area (Å²) in [6.07, 6.45) is 3.59. The van der Waals surface area contributed by atoms with E-state index in [0.717, 1.165) is 38.9 Å². The lowest BCUT2D eigenvalue weighted by molar-refractivity contribution is -0.183. The molecule has 0 amide bonds. The number of hydrogen-bond acceptors (Lipinski definition) is 4. The van der Waals surface area contributed by atoms with Gasteiger partial charge in [0.1, 0.15) is 0 Å². The van der Waals surface area contributed by atoms with Crippen LogP contribution in [0.3, 0.4) is 0 Å². The largest absolute Gasteiger partial charge is 0.348 e. The summed E-state index contributed by atoms with van der Waals surface area (Å²) < 4.78 is 11.2. The van der Waals surface area contributed by atoms with Gasteiger partial charge in [0.25, 0.3) is 0 Å². The van der Waals surface area contributed by atoms with Crippen molar-refractivity contribution in [2.45, 2.75) is 37.0 Å². The first kappa shape index (κ1) is 9.40. The van der Waals surface area contributed by atoms with Gasteiger partial charge in [-0.2, -0.15) is 0 Å². The van der Waals surface area contributed by atoms with Gasteiger partial charge >= 0.3 is 0 Å². The van der Waals surface area contributed by atoms with Crippen LogP contribution in [0.5, 0.6) is 0 Å². The van der Waals surface area contributed by atoms with Gasteiger partial charge in [0.05, 0.1) is 13.2 Å². The van der Waals surface area contributed by atoms with Crippen molar-refractivity contribution < 1.29 is 9.47 Å². The van der Waals surface area contributed by atoms with E-state index in [0.29, 0.717) is 6.54 Å². The van der Waals surface area contributed by atoms with Crippen LogP contribution < -0.4 is 11.5 Å². The Balaban J connectivity index is 1.95. The topological polar surface area (TPSA) is 70.5 Å². The maximum Gasteiger partial charge on any atom is 0.168 e. The molecule has 1 saturated heterocycles. The molecule has 1 aliphatic heterocycles. The lowest BCUT2D eigenvalue weighted by atomic mass is 9.79. The molecule has 4 heteroatoms. The molecule has 1 spiro atoms. The van der Waals surface area contributed by atoms with Crippen molar-refractivity contribution in [1.29, 1.82) is 0 Å². The summed E-state index contributed by atoms with van der Waals surface area (Å²) in [4.78, 5) is 0. The van der Waals surface area contributed by atoms with Crippen LogP contribution in [0.4, 0.5) is 0 Å². The first-order valence-electron chi connectivity index (χ1n) is 4.95. The molecule has 0 unspecified atom stereocenters. The van der Waals surface area contributed by atoms with Gasteiger partial charge in [-0.3, -0.25) is 0 Å². The van der Waals surface area contributed by atoms with Crippen LogP contribution in [0.15, 0.2) is 0 Å². The van der Waals surface area contributed by atoms with E-state index in [1.54, 1.807) is 0 Å². The number of ether oxygens (including phenoxy) is 2. The van der Waals surface area contributed by atoms with Crippen molar-refractivity contribution >= 4 is 0 Å². The van der Waals surface area contributed by atoms with Crippen LogP contribution in [0.25, 0.3) is 0 Å². The van der Waals surface area contributed by atoms with Gasteiger partial charge in [-0.1, -0.05) is 0 Å². The van der Waals surface area contributed by atoms with E-state index in [9.17, 15) is 0 Å². The zero-order chi connectivity index (χ0) is 9.36. The average molecular weight is 186 g/mol. The summed E-state index contributed by atoms with van der Waals surface area (Å²) in [7, 11) is 0. The predicted octanol–water partition coefficient (Wildman–Crippen LogP) is -0.0403. The highest BCUT2D eigenvalue weighted by atomic mass is 16.7. The number of rotatable bonds is 1. The molecule has 0 bridgehead atoms. The van der Waals surface area contributed by atoms with E-state index in [2.05, 4.69) is 0 Å². The third-order valence-corrected chi connectivity index (χ3v) is 3.23. The lowest BCUT2D eigenvalue weighted by Gasteiger charge is -2.40. The van der Waals surface area contributed by atoms with Crippen LogP contribution in [0, 0.1) is 0 Å². The Morgan fingerprint density at radius 1 is 1.00 bits per heavy atom. The molecule has 76 valence electrons. The summed E-state index contributed by atoms with van der Waals surface area (Å²) in [5, 5.41) is 0. The molecular formula is C9H18N2O2. The molecule has 2 fully saturated rings. The van der Waals surface area contributed by atoms with Crippen LogP contribution in [-0.4, -0.2) is 31.1 Å². The molecule has 4 nitrogen and oxygen atoms in total. The molecule has 2 rings (SSSR count). The highest BCUT2D eigenvalue weighted by Crippen LogP contribution is 2.38. The summed E-state index contributed by atoms with van der Waals surface area (Å²) in [6, 6.07) is 0. The van der Waals surface area contributed by atoms with Crippen LogP contribution in [0.1, 0.15) is 25.7 Å². The molecule has 0 atom stereocenters. The summed E-state index contributed by atoms with van der Waals surface area (Å²) in [5.41, 5.74) is 11.5. The van der Waals surface area contributed by atoms with Gasteiger partial charge in [-0.25, -0.2) is 0 Å². The van der Waals surface area contributed by atoms with Gasteiger partial charge in [-0.05, 0) is 12.8 Å². The van der Waals surface area contributed by atoms with E-state index < -0.39 is 0 Å².